The molecule has 1 aliphatic heterocycles. The molecule has 0 aliphatic carbocycles. The van der Waals surface area contributed by atoms with Gasteiger partial charge in [0.05, 0.1) is 35.1 Å². The van der Waals surface area contributed by atoms with Crippen LogP contribution in [0.2, 0.25) is 0 Å². The summed E-state index contributed by atoms with van der Waals surface area (Å²) >= 11 is 0. The maximum absolute atomic E-state index is 12.8. The van der Waals surface area contributed by atoms with Gasteiger partial charge in [-0.25, -0.2) is 9.78 Å². The van der Waals surface area contributed by atoms with E-state index < -0.39 is 0 Å². The third-order valence-electron chi connectivity index (χ3n) is 6.37. The quantitative estimate of drug-likeness (QED) is 0.361. The number of methoxy groups -OCH3 is 1. The number of amides is 1. The van der Waals surface area contributed by atoms with Crippen LogP contribution in [0.5, 0.6) is 0 Å². The molecule has 4 aromatic rings. The number of ether oxygens (including phenoxy) is 1. The van der Waals surface area contributed by atoms with Crippen LogP contribution in [0.4, 0.5) is 11.4 Å². The normalized spacial score (nSPS) is 14.8. The Morgan fingerprint density at radius 3 is 2.66 bits per heavy atom. The fourth-order valence-electron chi connectivity index (χ4n) is 4.52. The molecule has 0 fully saturated rings. The van der Waals surface area contributed by atoms with Gasteiger partial charge in [0, 0.05) is 18.5 Å². The van der Waals surface area contributed by atoms with Crippen LogP contribution in [0.15, 0.2) is 66.7 Å². The molecule has 1 amide bonds. The lowest BCUT2D eigenvalue weighted by molar-refractivity contribution is -0.117. The predicted molar refractivity (Wildman–Crippen MR) is 138 cm³/mol. The zero-order chi connectivity index (χ0) is 24.4. The molecule has 0 saturated heterocycles. The van der Waals surface area contributed by atoms with Gasteiger partial charge in [-0.15, -0.1) is 0 Å². The lowest BCUT2D eigenvalue weighted by atomic mass is 10.0. The first kappa shape index (κ1) is 22.7. The van der Waals surface area contributed by atoms with E-state index in [0.717, 1.165) is 58.7 Å². The van der Waals surface area contributed by atoms with E-state index in [2.05, 4.69) is 22.1 Å². The van der Waals surface area contributed by atoms with Gasteiger partial charge in [-0.1, -0.05) is 43.7 Å². The first-order valence-electron chi connectivity index (χ1n) is 11.9. The summed E-state index contributed by atoms with van der Waals surface area (Å²) in [5.74, 6) is 0.365. The van der Waals surface area contributed by atoms with Gasteiger partial charge >= 0.3 is 5.97 Å². The van der Waals surface area contributed by atoms with E-state index in [0.29, 0.717) is 12.0 Å². The highest BCUT2D eigenvalue weighted by atomic mass is 16.5. The van der Waals surface area contributed by atoms with Gasteiger partial charge in [-0.3, -0.25) is 4.79 Å². The average molecular weight is 469 g/mol. The molecule has 2 N–H and O–H groups in total. The third kappa shape index (κ3) is 4.49. The molecule has 7 heteroatoms. The number of carbonyl (C=O) groups excluding carboxylic acids is 2. The summed E-state index contributed by atoms with van der Waals surface area (Å²) in [6, 6.07) is 21.1. The smallest absolute Gasteiger partial charge is 0.337 e. The number of fused-ring (bicyclic) bond motifs is 2. The second-order valence-corrected chi connectivity index (χ2v) is 8.77. The standard InChI is InChI=1S/C28H28N4O3/c1-3-4-14-32-25-13-11-20(28(34)35-2)17-23(25)30-26(32)19-10-12-21-22(16-19)31-27(33)24(29-21)15-18-8-6-5-7-9-18/h5-13,16-17,24,29H,3-4,14-15H2,1-2H3,(H,31,33)/t24-/m0/s1. The summed E-state index contributed by atoms with van der Waals surface area (Å²) in [6.45, 7) is 2.96. The van der Waals surface area contributed by atoms with Crippen LogP contribution < -0.4 is 10.6 Å². The number of rotatable bonds is 7. The van der Waals surface area contributed by atoms with Gasteiger partial charge < -0.3 is 19.9 Å². The van der Waals surface area contributed by atoms with Crippen molar-refractivity contribution < 1.29 is 14.3 Å². The van der Waals surface area contributed by atoms with Crippen LogP contribution in [-0.4, -0.2) is 34.6 Å². The average Bonchev–Trinajstić information content (AvgIpc) is 3.25. The summed E-state index contributed by atoms with van der Waals surface area (Å²) in [4.78, 5) is 29.7. The molecule has 0 radical (unpaired) electrons. The Morgan fingerprint density at radius 1 is 1.06 bits per heavy atom. The van der Waals surface area contributed by atoms with Crippen molar-refractivity contribution in [1.29, 1.82) is 0 Å². The van der Waals surface area contributed by atoms with Crippen molar-refractivity contribution >= 4 is 34.3 Å². The minimum absolute atomic E-state index is 0.0549. The first-order valence-corrected chi connectivity index (χ1v) is 11.9. The van der Waals surface area contributed by atoms with Crippen molar-refractivity contribution in [1.82, 2.24) is 9.55 Å². The molecule has 0 spiro atoms. The van der Waals surface area contributed by atoms with Gasteiger partial charge in [0.2, 0.25) is 5.91 Å². The zero-order valence-electron chi connectivity index (χ0n) is 19.9. The van der Waals surface area contributed by atoms with E-state index in [1.807, 2.05) is 54.6 Å². The molecule has 2 heterocycles. The molecule has 0 saturated carbocycles. The number of nitrogens with one attached hydrogen (secondary N) is 2. The fraction of sp³-hybridized carbons (Fsp3) is 0.250. The van der Waals surface area contributed by atoms with E-state index in [4.69, 9.17) is 9.72 Å². The highest BCUT2D eigenvalue weighted by molar-refractivity contribution is 6.04. The maximum atomic E-state index is 12.8. The van der Waals surface area contributed by atoms with E-state index in [9.17, 15) is 9.59 Å². The van der Waals surface area contributed by atoms with E-state index >= 15 is 0 Å². The van der Waals surface area contributed by atoms with Gasteiger partial charge in [0.1, 0.15) is 11.9 Å². The summed E-state index contributed by atoms with van der Waals surface area (Å²) in [6.07, 6.45) is 2.66. The lowest BCUT2D eigenvalue weighted by Crippen LogP contribution is -2.40. The number of aromatic nitrogens is 2. The molecule has 178 valence electrons. The van der Waals surface area contributed by atoms with Crippen LogP contribution in [0.3, 0.4) is 0 Å². The Morgan fingerprint density at radius 2 is 1.89 bits per heavy atom. The highest BCUT2D eigenvalue weighted by Crippen LogP contribution is 2.34. The highest BCUT2D eigenvalue weighted by Gasteiger charge is 2.26. The first-order chi connectivity index (χ1) is 17.1. The number of hydrogen-bond acceptors (Lipinski definition) is 5. The van der Waals surface area contributed by atoms with Crippen LogP contribution in [-0.2, 0) is 22.5 Å². The summed E-state index contributed by atoms with van der Waals surface area (Å²) in [5, 5.41) is 6.45. The van der Waals surface area contributed by atoms with Gasteiger partial charge in [-0.2, -0.15) is 0 Å². The number of esters is 1. The second kappa shape index (κ2) is 9.62. The molecule has 7 nitrogen and oxygen atoms in total. The summed E-state index contributed by atoms with van der Waals surface area (Å²) in [7, 11) is 1.37. The van der Waals surface area contributed by atoms with Crippen LogP contribution in [0.25, 0.3) is 22.4 Å². The molecule has 1 atom stereocenters. The van der Waals surface area contributed by atoms with Gasteiger partial charge in [0.25, 0.3) is 0 Å². The van der Waals surface area contributed by atoms with Crippen LogP contribution in [0, 0.1) is 0 Å². The molecular formula is C28H28N4O3. The third-order valence-corrected chi connectivity index (χ3v) is 6.37. The molecule has 5 rings (SSSR count). The van der Waals surface area contributed by atoms with Crippen molar-refractivity contribution in [2.75, 3.05) is 17.7 Å². The largest absolute Gasteiger partial charge is 0.465 e. The van der Waals surface area contributed by atoms with Crippen molar-refractivity contribution in [2.45, 2.75) is 38.8 Å². The Kier molecular flexibility index (Phi) is 6.23. The molecule has 0 unspecified atom stereocenters. The Hall–Kier alpha value is -4.13. The molecular weight excluding hydrogens is 440 g/mol. The minimum Gasteiger partial charge on any atom is -0.465 e. The topological polar surface area (TPSA) is 85.3 Å². The maximum Gasteiger partial charge on any atom is 0.337 e. The number of unbranched alkanes of at least 4 members (excludes halogenated alkanes) is 1. The van der Waals surface area contributed by atoms with E-state index in [-0.39, 0.29) is 17.9 Å². The summed E-state index contributed by atoms with van der Waals surface area (Å²) < 4.78 is 7.05. The minimum atomic E-state index is -0.385. The zero-order valence-corrected chi connectivity index (χ0v) is 19.9. The van der Waals surface area contributed by atoms with Crippen molar-refractivity contribution in [2.24, 2.45) is 0 Å². The molecule has 35 heavy (non-hydrogen) atoms. The number of hydrogen-bond donors (Lipinski definition) is 2. The lowest BCUT2D eigenvalue weighted by Gasteiger charge is -2.27. The van der Waals surface area contributed by atoms with Crippen LogP contribution in [0.1, 0.15) is 35.7 Å². The van der Waals surface area contributed by atoms with Gasteiger partial charge in [-0.05, 0) is 48.4 Å². The Labute approximate surface area is 204 Å². The molecule has 3 aromatic carbocycles. The van der Waals surface area contributed by atoms with Crippen molar-refractivity contribution in [3.8, 4) is 11.4 Å². The Bertz CT molecular complexity index is 1390. The number of anilines is 2. The van der Waals surface area contributed by atoms with E-state index in [1.54, 1.807) is 12.1 Å². The van der Waals surface area contributed by atoms with E-state index in [1.165, 1.54) is 7.11 Å². The molecule has 0 bridgehead atoms. The van der Waals surface area contributed by atoms with Crippen LogP contribution >= 0.6 is 0 Å². The number of carbonyl (C=O) groups is 2. The monoisotopic (exact) mass is 468 g/mol. The van der Waals surface area contributed by atoms with Gasteiger partial charge in [0.15, 0.2) is 0 Å². The number of aryl methyl sites for hydroxylation is 1. The SMILES string of the molecule is CCCCn1c(-c2ccc3c(c2)NC(=O)[C@H](Cc2ccccc2)N3)nc2cc(C(=O)OC)ccc21. The second-order valence-electron chi connectivity index (χ2n) is 8.77. The molecule has 1 aromatic heterocycles. The Balaban J connectivity index is 1.49. The van der Waals surface area contributed by atoms with Crippen molar-refractivity contribution in [3.05, 3.63) is 77.9 Å². The summed E-state index contributed by atoms with van der Waals surface area (Å²) in [5.41, 5.74) is 5.80. The molecule has 1 aliphatic rings. The fourth-order valence-corrected chi connectivity index (χ4v) is 4.52. The number of imidazole rings is 1. The van der Waals surface area contributed by atoms with Crippen molar-refractivity contribution in [3.63, 3.8) is 0 Å². The number of benzene rings is 3. The number of nitrogens with zero attached hydrogens (tertiary/aromatic N) is 2. The predicted octanol–water partition coefficient (Wildman–Crippen LogP) is 5.27.